The van der Waals surface area contributed by atoms with Crippen molar-refractivity contribution < 1.29 is 17.6 Å². The molecule has 0 aliphatic heterocycles. The number of anilines is 1. The molecule has 0 bridgehead atoms. The third-order valence-electron chi connectivity index (χ3n) is 4.95. The summed E-state index contributed by atoms with van der Waals surface area (Å²) in [5.41, 5.74) is 2.77. The van der Waals surface area contributed by atoms with E-state index in [0.29, 0.717) is 33.4 Å². The lowest BCUT2D eigenvalue weighted by Crippen LogP contribution is -2.13. The zero-order valence-electron chi connectivity index (χ0n) is 16.7. The highest BCUT2D eigenvalue weighted by Gasteiger charge is 2.15. The molecule has 7 heteroatoms. The number of fused-ring (bicyclic) bond motifs is 1. The van der Waals surface area contributed by atoms with Gasteiger partial charge in [-0.3, -0.25) is 4.79 Å². The number of hydrogen-bond acceptors (Lipinski definition) is 4. The van der Waals surface area contributed by atoms with Gasteiger partial charge >= 0.3 is 0 Å². The lowest BCUT2D eigenvalue weighted by Gasteiger charge is -2.11. The molecule has 0 fully saturated rings. The highest BCUT2D eigenvalue weighted by Crippen LogP contribution is 2.26. The van der Waals surface area contributed by atoms with Crippen LogP contribution >= 0.6 is 0 Å². The van der Waals surface area contributed by atoms with E-state index in [0.717, 1.165) is 0 Å². The second-order valence-corrected chi connectivity index (χ2v) is 9.24. The molecular weight excluding hydrogens is 415 g/mol. The number of nitrogens with zero attached hydrogens (tertiary/aromatic N) is 1. The van der Waals surface area contributed by atoms with Gasteiger partial charge in [0.15, 0.2) is 9.84 Å². The first-order valence-corrected chi connectivity index (χ1v) is 11.3. The van der Waals surface area contributed by atoms with Crippen LogP contribution in [0.1, 0.15) is 17.3 Å². The first-order chi connectivity index (χ1) is 14.9. The molecule has 0 aliphatic rings. The van der Waals surface area contributed by atoms with Gasteiger partial charge in [-0.15, -0.1) is 0 Å². The van der Waals surface area contributed by atoms with Crippen LogP contribution in [0.2, 0.25) is 0 Å². The zero-order chi connectivity index (χ0) is 22.0. The lowest BCUT2D eigenvalue weighted by molar-refractivity contribution is 0.102. The van der Waals surface area contributed by atoms with Crippen LogP contribution in [-0.2, 0) is 9.84 Å². The lowest BCUT2D eigenvalue weighted by atomic mass is 10.0. The zero-order valence-corrected chi connectivity index (χ0v) is 17.5. The maximum absolute atomic E-state index is 13.3. The summed E-state index contributed by atoms with van der Waals surface area (Å²) in [6.45, 7) is 1.58. The minimum absolute atomic E-state index is 0.00781. The van der Waals surface area contributed by atoms with Gasteiger partial charge in [-0.2, -0.15) is 0 Å². The summed E-state index contributed by atoms with van der Waals surface area (Å²) in [6, 6.07) is 20.9. The molecule has 5 nitrogen and oxygen atoms in total. The van der Waals surface area contributed by atoms with Crippen molar-refractivity contribution in [3.63, 3.8) is 0 Å². The van der Waals surface area contributed by atoms with E-state index in [1.165, 1.54) is 24.3 Å². The molecule has 0 spiro atoms. The Balaban J connectivity index is 1.71. The fourth-order valence-corrected chi connectivity index (χ4v) is 4.13. The number of carbonyl (C=O) groups excluding carboxylic acids is 1. The van der Waals surface area contributed by atoms with Gasteiger partial charge in [0.05, 0.1) is 27.4 Å². The van der Waals surface area contributed by atoms with Gasteiger partial charge < -0.3 is 5.32 Å². The van der Waals surface area contributed by atoms with Crippen LogP contribution in [0.15, 0.2) is 83.8 Å². The van der Waals surface area contributed by atoms with Crippen LogP contribution in [-0.4, -0.2) is 25.1 Å². The largest absolute Gasteiger partial charge is 0.322 e. The van der Waals surface area contributed by atoms with E-state index in [9.17, 15) is 17.6 Å². The smallest absolute Gasteiger partial charge is 0.256 e. The standard InChI is InChI=1S/C24H19FN2O3S/c1-2-31(29,30)19-13-11-18(12-14-19)26-24(28)21-15-23(16-7-9-17(25)10-8-16)27-22-6-4-3-5-20(21)22/h3-15H,2H2,1H3,(H,26,28). The molecule has 0 unspecified atom stereocenters. The highest BCUT2D eigenvalue weighted by atomic mass is 32.2. The van der Waals surface area contributed by atoms with Gasteiger partial charge in [0.1, 0.15) is 5.82 Å². The highest BCUT2D eigenvalue weighted by molar-refractivity contribution is 7.91. The van der Waals surface area contributed by atoms with Gasteiger partial charge in [0.2, 0.25) is 0 Å². The molecule has 0 atom stereocenters. The van der Waals surface area contributed by atoms with Crippen LogP contribution in [0.5, 0.6) is 0 Å². The summed E-state index contributed by atoms with van der Waals surface area (Å²) in [5.74, 6) is -0.697. The molecule has 1 aromatic heterocycles. The maximum atomic E-state index is 13.3. The molecule has 1 heterocycles. The average Bonchev–Trinajstić information content (AvgIpc) is 2.79. The van der Waals surface area contributed by atoms with Crippen molar-refractivity contribution in [3.8, 4) is 11.3 Å². The molecule has 1 N–H and O–H groups in total. The predicted octanol–water partition coefficient (Wildman–Crippen LogP) is 5.09. The summed E-state index contributed by atoms with van der Waals surface area (Å²) in [6.07, 6.45) is 0. The van der Waals surface area contributed by atoms with Gasteiger partial charge in [-0.25, -0.2) is 17.8 Å². The van der Waals surface area contributed by atoms with Crippen molar-refractivity contribution in [2.24, 2.45) is 0 Å². The third kappa shape index (κ3) is 4.32. The maximum Gasteiger partial charge on any atom is 0.256 e. The number of para-hydroxylation sites is 1. The fourth-order valence-electron chi connectivity index (χ4n) is 3.24. The van der Waals surface area contributed by atoms with E-state index < -0.39 is 9.84 Å². The topological polar surface area (TPSA) is 76.1 Å². The van der Waals surface area contributed by atoms with Crippen LogP contribution in [0.4, 0.5) is 10.1 Å². The van der Waals surface area contributed by atoms with E-state index >= 15 is 0 Å². The van der Waals surface area contributed by atoms with Crippen molar-refractivity contribution in [1.82, 2.24) is 4.98 Å². The number of pyridine rings is 1. The minimum atomic E-state index is -3.31. The summed E-state index contributed by atoms with van der Waals surface area (Å²) in [4.78, 5) is 17.9. The molecule has 3 aromatic carbocycles. The Bertz CT molecular complexity index is 1370. The molecule has 4 rings (SSSR count). The normalized spacial score (nSPS) is 11.4. The number of halogens is 1. The van der Waals surface area contributed by atoms with Crippen molar-refractivity contribution in [2.45, 2.75) is 11.8 Å². The minimum Gasteiger partial charge on any atom is -0.322 e. The van der Waals surface area contributed by atoms with Crippen molar-refractivity contribution in [1.29, 1.82) is 0 Å². The molecule has 31 heavy (non-hydrogen) atoms. The van der Waals surface area contributed by atoms with Crippen LogP contribution in [0.3, 0.4) is 0 Å². The van der Waals surface area contributed by atoms with E-state index in [1.54, 1.807) is 37.3 Å². The molecule has 0 saturated heterocycles. The van der Waals surface area contributed by atoms with Gasteiger partial charge in [-0.05, 0) is 60.7 Å². The number of hydrogen-bond donors (Lipinski definition) is 1. The van der Waals surface area contributed by atoms with Crippen LogP contribution in [0.25, 0.3) is 22.2 Å². The van der Waals surface area contributed by atoms with E-state index in [-0.39, 0.29) is 22.4 Å². The summed E-state index contributed by atoms with van der Waals surface area (Å²) in [5, 5.41) is 3.49. The Hall–Kier alpha value is -3.58. The fraction of sp³-hybridized carbons (Fsp3) is 0.0833. The first-order valence-electron chi connectivity index (χ1n) is 9.67. The molecule has 0 saturated carbocycles. The summed E-state index contributed by atoms with van der Waals surface area (Å²) in [7, 11) is -3.31. The van der Waals surface area contributed by atoms with Gasteiger partial charge in [0, 0.05) is 16.6 Å². The summed E-state index contributed by atoms with van der Waals surface area (Å²) < 4.78 is 37.3. The third-order valence-corrected chi connectivity index (χ3v) is 6.70. The second-order valence-electron chi connectivity index (χ2n) is 6.96. The van der Waals surface area contributed by atoms with E-state index in [1.807, 2.05) is 24.3 Å². The van der Waals surface area contributed by atoms with Gasteiger partial charge in [0.25, 0.3) is 5.91 Å². The number of amides is 1. The summed E-state index contributed by atoms with van der Waals surface area (Å²) >= 11 is 0. The van der Waals surface area contributed by atoms with Crippen molar-refractivity contribution in [3.05, 3.63) is 90.2 Å². The van der Waals surface area contributed by atoms with E-state index in [2.05, 4.69) is 10.3 Å². The van der Waals surface area contributed by atoms with Crippen LogP contribution in [0, 0.1) is 5.82 Å². The number of rotatable bonds is 5. The van der Waals surface area contributed by atoms with Crippen molar-refractivity contribution in [2.75, 3.05) is 11.1 Å². The Morgan fingerprint density at radius 2 is 1.65 bits per heavy atom. The number of carbonyl (C=O) groups is 1. The quantitative estimate of drug-likeness (QED) is 0.475. The molecule has 0 aliphatic carbocycles. The predicted molar refractivity (Wildman–Crippen MR) is 119 cm³/mol. The molecular formula is C24H19FN2O3S. The Kier molecular flexibility index (Phi) is 5.52. The average molecular weight is 434 g/mol. The Labute approximate surface area is 179 Å². The second kappa shape index (κ2) is 8.28. The molecule has 4 aromatic rings. The SMILES string of the molecule is CCS(=O)(=O)c1ccc(NC(=O)c2cc(-c3ccc(F)cc3)nc3ccccc23)cc1. The van der Waals surface area contributed by atoms with E-state index in [4.69, 9.17) is 0 Å². The monoisotopic (exact) mass is 434 g/mol. The number of nitrogens with one attached hydrogen (secondary N) is 1. The molecule has 0 radical (unpaired) electrons. The Morgan fingerprint density at radius 3 is 2.32 bits per heavy atom. The molecule has 1 amide bonds. The van der Waals surface area contributed by atoms with Crippen LogP contribution < -0.4 is 5.32 Å². The number of sulfone groups is 1. The van der Waals surface area contributed by atoms with Crippen molar-refractivity contribution >= 4 is 32.3 Å². The van der Waals surface area contributed by atoms with Gasteiger partial charge in [-0.1, -0.05) is 25.1 Å². The number of benzene rings is 3. The molecule has 156 valence electrons. The Morgan fingerprint density at radius 1 is 0.968 bits per heavy atom. The first kappa shape index (κ1) is 20.7. The number of aromatic nitrogens is 1.